The molecule has 0 radical (unpaired) electrons. The second-order valence-corrected chi connectivity index (χ2v) is 14.8. The molecule has 11 rings (SSSR count). The van der Waals surface area contributed by atoms with Crippen molar-refractivity contribution < 1.29 is 0 Å². The van der Waals surface area contributed by atoms with Crippen LogP contribution in [0.3, 0.4) is 0 Å². The van der Waals surface area contributed by atoms with Crippen molar-refractivity contribution in [1.82, 2.24) is 15.3 Å². The Bertz CT molecular complexity index is 3000. The molecule has 56 heavy (non-hydrogen) atoms. The number of hydrazine groups is 1. The Labute approximate surface area is 326 Å². The molecule has 5 atom stereocenters. The van der Waals surface area contributed by atoms with Gasteiger partial charge < -0.3 is 0 Å². The van der Waals surface area contributed by atoms with Crippen molar-refractivity contribution in [2.45, 2.75) is 18.5 Å². The van der Waals surface area contributed by atoms with Crippen molar-refractivity contribution in [1.29, 1.82) is 5.26 Å². The molecule has 4 nitrogen and oxygen atoms in total. The quantitative estimate of drug-likeness (QED) is 0.106. The van der Waals surface area contributed by atoms with Crippen LogP contribution in [-0.4, -0.2) is 10.0 Å². The molecule has 264 valence electrons. The standard InChI is InChI=1S/C52H36N4/c53-33-34-25-27-35(28-26-34)38-17-12-18-40(31-38)50-54-51(56-52(55(50)56)47-24-11-8-19-41(47)36-13-2-1-3-14-36)46-23-10-9-22-44(46)49-43-21-7-5-16-39(43)32-48-42-20-6-4-15-37(42)29-30-45(48)49/h1-32,50-52,54H. The monoisotopic (exact) mass is 716 g/mol. The summed E-state index contributed by atoms with van der Waals surface area (Å²) in [7, 11) is 0. The lowest BCUT2D eigenvalue weighted by atomic mass is 9.87. The maximum absolute atomic E-state index is 9.42. The first-order chi connectivity index (χ1) is 27.7. The summed E-state index contributed by atoms with van der Waals surface area (Å²) in [6, 6.07) is 72.1. The third-order valence-electron chi connectivity index (χ3n) is 11.7. The summed E-state index contributed by atoms with van der Waals surface area (Å²) in [5.74, 6) is 0. The van der Waals surface area contributed by atoms with Gasteiger partial charge in [0.05, 0.1) is 11.6 Å². The highest BCUT2D eigenvalue weighted by molar-refractivity contribution is 6.20. The number of fused-ring (bicyclic) bond motifs is 5. The summed E-state index contributed by atoms with van der Waals surface area (Å²) < 4.78 is 0. The Kier molecular flexibility index (Phi) is 7.65. The summed E-state index contributed by atoms with van der Waals surface area (Å²) in [6.07, 6.45) is -0.117. The number of benzene rings is 9. The third kappa shape index (κ3) is 5.26. The van der Waals surface area contributed by atoms with Crippen LogP contribution < -0.4 is 5.32 Å². The van der Waals surface area contributed by atoms with Crippen LogP contribution in [0, 0.1) is 11.3 Å². The zero-order valence-electron chi connectivity index (χ0n) is 30.5. The minimum Gasteiger partial charge on any atom is -0.276 e. The lowest BCUT2D eigenvalue weighted by Crippen LogP contribution is -2.28. The van der Waals surface area contributed by atoms with Gasteiger partial charge in [-0.25, -0.2) is 0 Å². The zero-order valence-corrected chi connectivity index (χ0v) is 30.5. The summed E-state index contributed by atoms with van der Waals surface area (Å²) in [5.41, 5.74) is 11.6. The van der Waals surface area contributed by atoms with Gasteiger partial charge in [0, 0.05) is 0 Å². The van der Waals surface area contributed by atoms with Gasteiger partial charge in [0.2, 0.25) is 0 Å². The largest absolute Gasteiger partial charge is 0.276 e. The molecule has 0 aromatic heterocycles. The normalized spacial score (nSPS) is 19.9. The number of hydrogen-bond donors (Lipinski definition) is 1. The molecule has 2 aliphatic heterocycles. The predicted molar refractivity (Wildman–Crippen MR) is 228 cm³/mol. The van der Waals surface area contributed by atoms with E-state index in [1.54, 1.807) is 0 Å². The first kappa shape index (κ1) is 32.6. The molecular weight excluding hydrogens is 681 g/mol. The van der Waals surface area contributed by atoms with Crippen LogP contribution in [0.15, 0.2) is 194 Å². The summed E-state index contributed by atoms with van der Waals surface area (Å²) >= 11 is 0. The molecule has 0 aliphatic carbocycles. The van der Waals surface area contributed by atoms with Crippen molar-refractivity contribution in [3.05, 3.63) is 216 Å². The lowest BCUT2D eigenvalue weighted by molar-refractivity contribution is 0.314. The number of nitrogens with zero attached hydrogens (tertiary/aromatic N) is 3. The van der Waals surface area contributed by atoms with Crippen molar-refractivity contribution in [3.8, 4) is 39.4 Å². The van der Waals surface area contributed by atoms with Gasteiger partial charge in [0.15, 0.2) is 0 Å². The molecule has 2 saturated heterocycles. The highest BCUT2D eigenvalue weighted by Crippen LogP contribution is 2.59. The maximum atomic E-state index is 9.42. The van der Waals surface area contributed by atoms with Crippen LogP contribution in [0.25, 0.3) is 65.7 Å². The molecule has 4 heteroatoms. The van der Waals surface area contributed by atoms with Crippen LogP contribution in [0.4, 0.5) is 0 Å². The minimum atomic E-state index is -0.0990. The van der Waals surface area contributed by atoms with Gasteiger partial charge in [0.25, 0.3) is 0 Å². The van der Waals surface area contributed by atoms with Gasteiger partial charge in [-0.05, 0) is 107 Å². The molecule has 9 aromatic carbocycles. The van der Waals surface area contributed by atoms with E-state index in [0.29, 0.717) is 5.56 Å². The molecular formula is C52H36N4. The third-order valence-corrected chi connectivity index (χ3v) is 11.7. The molecule has 2 fully saturated rings. The highest BCUT2D eigenvalue weighted by atomic mass is 15.9. The van der Waals surface area contributed by atoms with Gasteiger partial charge in [0.1, 0.15) is 18.5 Å². The number of nitrogens with one attached hydrogen (secondary N) is 1. The topological polar surface area (TPSA) is 41.8 Å². The Morgan fingerprint density at radius 2 is 1.09 bits per heavy atom. The molecule has 1 N–H and O–H groups in total. The van der Waals surface area contributed by atoms with Crippen LogP contribution >= 0.6 is 0 Å². The van der Waals surface area contributed by atoms with Crippen molar-refractivity contribution in [3.63, 3.8) is 0 Å². The average molecular weight is 717 g/mol. The van der Waals surface area contributed by atoms with E-state index in [9.17, 15) is 5.26 Å². The summed E-state index contributed by atoms with van der Waals surface area (Å²) in [6.45, 7) is 0. The SMILES string of the molecule is N#Cc1ccc(-c2cccc(C3NC(c4ccccc4-c4c5ccccc5cc5c4ccc4ccccc45)N4C(c5ccccc5-c5ccccc5)N34)c2)cc1. The number of rotatable bonds is 6. The van der Waals surface area contributed by atoms with Crippen LogP contribution in [0.5, 0.6) is 0 Å². The first-order valence-corrected chi connectivity index (χ1v) is 19.3. The number of hydrogen-bond acceptors (Lipinski definition) is 4. The van der Waals surface area contributed by atoms with E-state index in [0.717, 1.165) is 11.1 Å². The van der Waals surface area contributed by atoms with Crippen molar-refractivity contribution >= 4 is 32.3 Å². The summed E-state index contributed by atoms with van der Waals surface area (Å²) in [4.78, 5) is 0. The van der Waals surface area contributed by atoms with Gasteiger partial charge >= 0.3 is 0 Å². The van der Waals surface area contributed by atoms with Crippen molar-refractivity contribution in [2.24, 2.45) is 0 Å². The lowest BCUT2D eigenvalue weighted by Gasteiger charge is -2.25. The fraction of sp³-hybridized carbons (Fsp3) is 0.0577. The van der Waals surface area contributed by atoms with E-state index in [2.05, 4.69) is 191 Å². The van der Waals surface area contributed by atoms with Gasteiger partial charge in [-0.1, -0.05) is 170 Å². The molecule has 0 spiro atoms. The Balaban J connectivity index is 1.09. The van der Waals surface area contributed by atoms with Gasteiger partial charge in [-0.3, -0.25) is 5.32 Å². The summed E-state index contributed by atoms with van der Waals surface area (Å²) in [5, 5.41) is 26.1. The molecule has 9 aromatic rings. The molecule has 2 heterocycles. The Hall–Kier alpha value is -6.87. The first-order valence-electron chi connectivity index (χ1n) is 19.3. The van der Waals surface area contributed by atoms with Crippen LogP contribution in [0.1, 0.15) is 40.8 Å². The second-order valence-electron chi connectivity index (χ2n) is 14.8. The minimum absolute atomic E-state index is 0.0579. The fourth-order valence-electron chi connectivity index (χ4n) is 9.12. The second kappa shape index (κ2) is 13.2. The van der Waals surface area contributed by atoms with E-state index in [1.165, 1.54) is 71.3 Å². The highest BCUT2D eigenvalue weighted by Gasteiger charge is 2.61. The van der Waals surface area contributed by atoms with E-state index < -0.39 is 0 Å². The van der Waals surface area contributed by atoms with Crippen molar-refractivity contribution in [2.75, 3.05) is 0 Å². The number of nitriles is 1. The van der Waals surface area contributed by atoms with E-state index in [4.69, 9.17) is 0 Å². The molecule has 0 amide bonds. The van der Waals surface area contributed by atoms with Crippen LogP contribution in [0.2, 0.25) is 0 Å². The Morgan fingerprint density at radius 1 is 0.429 bits per heavy atom. The predicted octanol–water partition coefficient (Wildman–Crippen LogP) is 12.6. The van der Waals surface area contributed by atoms with Gasteiger partial charge in [-0.15, -0.1) is 0 Å². The van der Waals surface area contributed by atoms with Crippen LogP contribution in [-0.2, 0) is 0 Å². The van der Waals surface area contributed by atoms with E-state index in [1.807, 2.05) is 24.3 Å². The molecule has 5 unspecified atom stereocenters. The average Bonchev–Trinajstić information content (AvgIpc) is 3.88. The molecule has 0 saturated carbocycles. The molecule has 2 aliphatic rings. The molecule has 0 bridgehead atoms. The maximum Gasteiger partial charge on any atom is 0.120 e. The van der Waals surface area contributed by atoms with E-state index >= 15 is 0 Å². The van der Waals surface area contributed by atoms with E-state index in [-0.39, 0.29) is 18.5 Å². The fourth-order valence-corrected chi connectivity index (χ4v) is 9.12. The smallest absolute Gasteiger partial charge is 0.120 e. The Morgan fingerprint density at radius 3 is 1.91 bits per heavy atom. The zero-order chi connectivity index (χ0) is 37.2. The van der Waals surface area contributed by atoms with Gasteiger partial charge in [-0.2, -0.15) is 15.3 Å².